The summed E-state index contributed by atoms with van der Waals surface area (Å²) >= 11 is 0. The Morgan fingerprint density at radius 2 is 2.00 bits per heavy atom. The summed E-state index contributed by atoms with van der Waals surface area (Å²) in [6.45, 7) is 15.9. The van der Waals surface area contributed by atoms with Gasteiger partial charge < -0.3 is 20.7 Å². The van der Waals surface area contributed by atoms with Gasteiger partial charge in [-0.1, -0.05) is 13.8 Å². The lowest BCUT2D eigenvalue weighted by atomic mass is 9.87. The first kappa shape index (κ1) is 19.2. The molecule has 0 aliphatic carbocycles. The van der Waals surface area contributed by atoms with Crippen LogP contribution in [0.15, 0.2) is 0 Å². The standard InChI is InChI=1S/C17H35N3O2/c1-13(2)17(6,12-19-15(21)22-16(3,4)5)20-11-14-8-7-9-18-10-14/h13-14,18,20H,7-12H2,1-6H3,(H,19,21). The van der Waals surface area contributed by atoms with Crippen molar-refractivity contribution in [3.63, 3.8) is 0 Å². The second kappa shape index (κ2) is 8.16. The highest BCUT2D eigenvalue weighted by Gasteiger charge is 2.30. The van der Waals surface area contributed by atoms with E-state index in [1.165, 1.54) is 12.8 Å². The van der Waals surface area contributed by atoms with Crippen LogP contribution in [0.25, 0.3) is 0 Å². The monoisotopic (exact) mass is 313 g/mol. The van der Waals surface area contributed by atoms with Crippen LogP contribution >= 0.6 is 0 Å². The van der Waals surface area contributed by atoms with E-state index in [1.807, 2.05) is 20.8 Å². The minimum atomic E-state index is -0.459. The van der Waals surface area contributed by atoms with Gasteiger partial charge in [-0.25, -0.2) is 4.79 Å². The fraction of sp³-hybridized carbons (Fsp3) is 0.941. The lowest BCUT2D eigenvalue weighted by Crippen LogP contribution is -2.57. The minimum absolute atomic E-state index is 0.131. The molecule has 0 bridgehead atoms. The molecule has 0 radical (unpaired) electrons. The van der Waals surface area contributed by atoms with Gasteiger partial charge in [0.25, 0.3) is 0 Å². The van der Waals surface area contributed by atoms with Gasteiger partial charge in [0.1, 0.15) is 5.60 Å². The molecule has 1 saturated heterocycles. The molecule has 22 heavy (non-hydrogen) atoms. The Kier molecular flexibility index (Phi) is 7.13. The maximum absolute atomic E-state index is 11.9. The Balaban J connectivity index is 2.46. The van der Waals surface area contributed by atoms with Crippen molar-refractivity contribution in [1.82, 2.24) is 16.0 Å². The van der Waals surface area contributed by atoms with Gasteiger partial charge in [0, 0.05) is 12.1 Å². The SMILES string of the molecule is CC(C)C(C)(CNC(=O)OC(C)(C)C)NCC1CCCNC1. The molecule has 2 atom stereocenters. The van der Waals surface area contributed by atoms with Crippen molar-refractivity contribution in [3.8, 4) is 0 Å². The smallest absolute Gasteiger partial charge is 0.407 e. The molecule has 0 aromatic carbocycles. The fourth-order valence-electron chi connectivity index (χ4n) is 2.52. The largest absolute Gasteiger partial charge is 0.444 e. The van der Waals surface area contributed by atoms with Gasteiger partial charge in [0.15, 0.2) is 0 Å². The van der Waals surface area contributed by atoms with Gasteiger partial charge in [-0.2, -0.15) is 0 Å². The average molecular weight is 313 g/mol. The lowest BCUT2D eigenvalue weighted by molar-refractivity contribution is 0.0502. The molecule has 5 nitrogen and oxygen atoms in total. The molecule has 0 saturated carbocycles. The number of hydrogen-bond donors (Lipinski definition) is 3. The zero-order valence-electron chi connectivity index (χ0n) is 15.2. The molecule has 1 aliphatic heterocycles. The summed E-state index contributed by atoms with van der Waals surface area (Å²) < 4.78 is 5.32. The number of alkyl carbamates (subject to hydrolysis) is 1. The van der Waals surface area contributed by atoms with Gasteiger partial charge in [-0.15, -0.1) is 0 Å². The number of carbonyl (C=O) groups is 1. The Morgan fingerprint density at radius 3 is 2.50 bits per heavy atom. The number of piperidine rings is 1. The third-order valence-corrected chi connectivity index (χ3v) is 4.47. The molecule has 2 unspecified atom stereocenters. The third-order valence-electron chi connectivity index (χ3n) is 4.47. The van der Waals surface area contributed by atoms with E-state index < -0.39 is 5.60 Å². The van der Waals surface area contributed by atoms with E-state index in [-0.39, 0.29) is 11.6 Å². The second-order valence-corrected chi connectivity index (χ2v) is 8.02. The zero-order valence-corrected chi connectivity index (χ0v) is 15.2. The number of ether oxygens (including phenoxy) is 1. The van der Waals surface area contributed by atoms with E-state index in [1.54, 1.807) is 0 Å². The van der Waals surface area contributed by atoms with Crippen LogP contribution in [-0.4, -0.2) is 43.4 Å². The summed E-state index contributed by atoms with van der Waals surface area (Å²) in [6.07, 6.45) is 2.18. The van der Waals surface area contributed by atoms with Crippen LogP contribution in [0.4, 0.5) is 4.79 Å². The molecule has 0 spiro atoms. The molecule has 5 heteroatoms. The highest BCUT2D eigenvalue weighted by Crippen LogP contribution is 2.18. The molecule has 1 aliphatic rings. The first-order valence-electron chi connectivity index (χ1n) is 8.55. The number of amides is 1. The average Bonchev–Trinajstić information content (AvgIpc) is 2.42. The molecule has 0 aromatic heterocycles. The van der Waals surface area contributed by atoms with Crippen LogP contribution in [0.5, 0.6) is 0 Å². The van der Waals surface area contributed by atoms with Crippen molar-refractivity contribution in [1.29, 1.82) is 0 Å². The maximum Gasteiger partial charge on any atom is 0.407 e. The van der Waals surface area contributed by atoms with Gasteiger partial charge in [0.05, 0.1) is 0 Å². The van der Waals surface area contributed by atoms with Crippen LogP contribution in [-0.2, 0) is 4.74 Å². The van der Waals surface area contributed by atoms with Gasteiger partial charge >= 0.3 is 6.09 Å². The maximum atomic E-state index is 11.9. The molecular weight excluding hydrogens is 278 g/mol. The quantitative estimate of drug-likeness (QED) is 0.705. The number of rotatable bonds is 6. The van der Waals surface area contributed by atoms with Crippen LogP contribution in [0.2, 0.25) is 0 Å². The molecule has 1 heterocycles. The highest BCUT2D eigenvalue weighted by atomic mass is 16.6. The Hall–Kier alpha value is -0.810. The molecule has 3 N–H and O–H groups in total. The Bertz CT molecular complexity index is 346. The minimum Gasteiger partial charge on any atom is -0.444 e. The molecule has 0 aromatic rings. The summed E-state index contributed by atoms with van der Waals surface area (Å²) in [5.74, 6) is 1.09. The van der Waals surface area contributed by atoms with Gasteiger partial charge in [-0.3, -0.25) is 0 Å². The van der Waals surface area contributed by atoms with Crippen LogP contribution in [0.1, 0.15) is 54.4 Å². The van der Waals surface area contributed by atoms with E-state index in [0.29, 0.717) is 18.4 Å². The lowest BCUT2D eigenvalue weighted by Gasteiger charge is -2.37. The predicted octanol–water partition coefficient (Wildman–Crippen LogP) is 2.52. The van der Waals surface area contributed by atoms with E-state index in [0.717, 1.165) is 19.6 Å². The fourth-order valence-corrected chi connectivity index (χ4v) is 2.52. The summed E-state index contributed by atoms with van der Waals surface area (Å²) in [4.78, 5) is 11.9. The van der Waals surface area contributed by atoms with Gasteiger partial charge in [-0.05, 0) is 72.0 Å². The zero-order chi connectivity index (χ0) is 16.8. The Labute approximate surface area is 135 Å². The van der Waals surface area contributed by atoms with Crippen molar-refractivity contribution in [2.75, 3.05) is 26.2 Å². The first-order chi connectivity index (χ1) is 10.1. The number of nitrogens with one attached hydrogen (secondary N) is 3. The van der Waals surface area contributed by atoms with Crippen molar-refractivity contribution >= 4 is 6.09 Å². The van der Waals surface area contributed by atoms with Crippen molar-refractivity contribution in [3.05, 3.63) is 0 Å². The molecular formula is C17H35N3O2. The van der Waals surface area contributed by atoms with Crippen LogP contribution < -0.4 is 16.0 Å². The van der Waals surface area contributed by atoms with E-state index in [4.69, 9.17) is 4.74 Å². The topological polar surface area (TPSA) is 62.4 Å². The second-order valence-electron chi connectivity index (χ2n) is 8.02. The van der Waals surface area contributed by atoms with E-state index in [9.17, 15) is 4.79 Å². The van der Waals surface area contributed by atoms with Crippen molar-refractivity contribution in [2.24, 2.45) is 11.8 Å². The van der Waals surface area contributed by atoms with Gasteiger partial charge in [0.2, 0.25) is 0 Å². The highest BCUT2D eigenvalue weighted by molar-refractivity contribution is 5.67. The summed E-state index contributed by atoms with van der Waals surface area (Å²) in [5.41, 5.74) is -0.589. The van der Waals surface area contributed by atoms with Crippen LogP contribution in [0, 0.1) is 11.8 Å². The van der Waals surface area contributed by atoms with Crippen molar-refractivity contribution in [2.45, 2.75) is 65.5 Å². The van der Waals surface area contributed by atoms with E-state index in [2.05, 4.69) is 36.7 Å². The summed E-state index contributed by atoms with van der Waals surface area (Å²) in [6, 6.07) is 0. The molecule has 1 fully saturated rings. The predicted molar refractivity (Wildman–Crippen MR) is 91.1 cm³/mol. The van der Waals surface area contributed by atoms with E-state index >= 15 is 0 Å². The Morgan fingerprint density at radius 1 is 1.32 bits per heavy atom. The number of hydrogen-bond acceptors (Lipinski definition) is 4. The molecule has 130 valence electrons. The first-order valence-corrected chi connectivity index (χ1v) is 8.55. The molecule has 1 amide bonds. The normalized spacial score (nSPS) is 22.2. The van der Waals surface area contributed by atoms with Crippen molar-refractivity contribution < 1.29 is 9.53 Å². The third kappa shape index (κ3) is 6.97. The van der Waals surface area contributed by atoms with Crippen LogP contribution in [0.3, 0.4) is 0 Å². The molecule has 1 rings (SSSR count). The summed E-state index contributed by atoms with van der Waals surface area (Å²) in [5, 5.41) is 10.0. The summed E-state index contributed by atoms with van der Waals surface area (Å²) in [7, 11) is 0. The number of carbonyl (C=O) groups excluding carboxylic acids is 1.